The number of ketones is 1. The van der Waals surface area contributed by atoms with Crippen molar-refractivity contribution >= 4 is 23.3 Å². The second kappa shape index (κ2) is 8.96. The number of amides is 1. The maximum atomic E-state index is 13.0. The molecule has 4 rings (SSSR count). The Hall–Kier alpha value is -3.73. The minimum atomic E-state index is -0.974. The fraction of sp³-hybridized carbons (Fsp3) is 0.192. The molecule has 3 aromatic carbocycles. The first-order valence-corrected chi connectivity index (χ1v) is 10.4. The number of rotatable bonds is 5. The van der Waals surface area contributed by atoms with Crippen LogP contribution in [0.5, 0.6) is 0 Å². The summed E-state index contributed by atoms with van der Waals surface area (Å²) in [6.07, 6.45) is 0.805. The van der Waals surface area contributed by atoms with Gasteiger partial charge in [-0.3, -0.25) is 9.59 Å². The molecule has 0 N–H and O–H groups in total. The van der Waals surface area contributed by atoms with Crippen LogP contribution in [0.4, 0.5) is 5.69 Å². The van der Waals surface area contributed by atoms with Crippen LogP contribution in [0.25, 0.3) is 0 Å². The first kappa shape index (κ1) is 20.5. The molecule has 0 bridgehead atoms. The number of hydrogen-bond acceptors (Lipinski definition) is 4. The van der Waals surface area contributed by atoms with Crippen LogP contribution in [0.3, 0.4) is 0 Å². The maximum absolute atomic E-state index is 13.0. The van der Waals surface area contributed by atoms with E-state index in [0.717, 1.165) is 24.1 Å². The van der Waals surface area contributed by atoms with Crippen LogP contribution in [-0.2, 0) is 16.0 Å². The summed E-state index contributed by atoms with van der Waals surface area (Å²) in [5, 5.41) is 0. The van der Waals surface area contributed by atoms with E-state index in [9.17, 15) is 14.4 Å². The molecule has 5 heteroatoms. The summed E-state index contributed by atoms with van der Waals surface area (Å²) in [5.41, 5.74) is 2.86. The highest BCUT2D eigenvalue weighted by Gasteiger charge is 2.29. The minimum Gasteiger partial charge on any atom is -0.449 e. The molecule has 0 fully saturated rings. The highest BCUT2D eigenvalue weighted by Crippen LogP contribution is 2.27. The molecule has 1 heterocycles. The molecule has 1 unspecified atom stereocenters. The van der Waals surface area contributed by atoms with Crippen LogP contribution in [-0.4, -0.2) is 30.3 Å². The van der Waals surface area contributed by atoms with Crippen molar-refractivity contribution in [2.45, 2.75) is 25.9 Å². The van der Waals surface area contributed by atoms with Gasteiger partial charge in [0.05, 0.1) is 5.56 Å². The lowest BCUT2D eigenvalue weighted by atomic mass is 9.98. The fourth-order valence-electron chi connectivity index (χ4n) is 3.86. The standard InChI is InChI=1S/C26H23NO4/c1-18(25(29)27-17-9-13-19-10-5-8-16-23(19)27)31-26(30)22-15-7-6-14-21(22)24(28)20-11-3-2-4-12-20/h2-8,10-12,14-16,18H,9,13,17H2,1H3. The second-order valence-electron chi connectivity index (χ2n) is 7.51. The largest absolute Gasteiger partial charge is 0.449 e. The predicted molar refractivity (Wildman–Crippen MR) is 118 cm³/mol. The summed E-state index contributed by atoms with van der Waals surface area (Å²) < 4.78 is 5.51. The number of para-hydroxylation sites is 1. The summed E-state index contributed by atoms with van der Waals surface area (Å²) >= 11 is 0. The molecule has 3 aromatic rings. The molecule has 0 saturated heterocycles. The highest BCUT2D eigenvalue weighted by atomic mass is 16.5. The normalized spacial score (nSPS) is 13.8. The fourth-order valence-corrected chi connectivity index (χ4v) is 3.86. The maximum Gasteiger partial charge on any atom is 0.339 e. The predicted octanol–water partition coefficient (Wildman–Crippen LogP) is 4.44. The number of carbonyl (C=O) groups is 3. The van der Waals surface area contributed by atoms with Gasteiger partial charge in [-0.05, 0) is 37.5 Å². The van der Waals surface area contributed by atoms with Crippen LogP contribution in [0.2, 0.25) is 0 Å². The monoisotopic (exact) mass is 413 g/mol. The van der Waals surface area contributed by atoms with Gasteiger partial charge in [0.1, 0.15) is 0 Å². The summed E-state index contributed by atoms with van der Waals surface area (Å²) in [6.45, 7) is 2.15. The van der Waals surface area contributed by atoms with Crippen molar-refractivity contribution in [2.24, 2.45) is 0 Å². The molecule has 31 heavy (non-hydrogen) atoms. The quantitative estimate of drug-likeness (QED) is 0.458. The second-order valence-corrected chi connectivity index (χ2v) is 7.51. The van der Waals surface area contributed by atoms with Gasteiger partial charge in [0, 0.05) is 23.4 Å². The zero-order valence-corrected chi connectivity index (χ0v) is 17.3. The summed E-state index contributed by atoms with van der Waals surface area (Å²) in [7, 11) is 0. The van der Waals surface area contributed by atoms with Crippen LogP contribution in [0.1, 0.15) is 45.2 Å². The van der Waals surface area contributed by atoms with Crippen molar-refractivity contribution in [3.63, 3.8) is 0 Å². The number of hydrogen-bond donors (Lipinski definition) is 0. The zero-order valence-electron chi connectivity index (χ0n) is 17.3. The lowest BCUT2D eigenvalue weighted by molar-refractivity contribution is -0.126. The number of esters is 1. The van der Waals surface area contributed by atoms with Crippen LogP contribution < -0.4 is 4.90 Å². The van der Waals surface area contributed by atoms with E-state index in [2.05, 4.69) is 0 Å². The van der Waals surface area contributed by atoms with Crippen molar-refractivity contribution in [1.29, 1.82) is 0 Å². The van der Waals surface area contributed by atoms with Crippen molar-refractivity contribution < 1.29 is 19.1 Å². The van der Waals surface area contributed by atoms with E-state index < -0.39 is 12.1 Å². The van der Waals surface area contributed by atoms with Crippen LogP contribution >= 0.6 is 0 Å². The Bertz CT molecular complexity index is 1120. The Morgan fingerprint density at radius 2 is 1.48 bits per heavy atom. The summed E-state index contributed by atoms with van der Waals surface area (Å²) in [5.74, 6) is -1.23. The first-order chi connectivity index (χ1) is 15.1. The molecule has 5 nitrogen and oxygen atoms in total. The highest BCUT2D eigenvalue weighted by molar-refractivity contribution is 6.14. The van der Waals surface area contributed by atoms with Crippen LogP contribution in [0.15, 0.2) is 78.9 Å². The van der Waals surface area contributed by atoms with Gasteiger partial charge < -0.3 is 9.64 Å². The minimum absolute atomic E-state index is 0.148. The van der Waals surface area contributed by atoms with Gasteiger partial charge in [-0.2, -0.15) is 0 Å². The number of aryl methyl sites for hydroxylation is 1. The van der Waals surface area contributed by atoms with E-state index in [4.69, 9.17) is 4.74 Å². The third-order valence-electron chi connectivity index (χ3n) is 5.44. The Morgan fingerprint density at radius 1 is 0.839 bits per heavy atom. The lowest BCUT2D eigenvalue weighted by Crippen LogP contribution is -2.42. The Labute approximate surface area is 181 Å². The van der Waals surface area contributed by atoms with Crippen molar-refractivity contribution in [1.82, 2.24) is 0 Å². The van der Waals surface area contributed by atoms with E-state index in [1.807, 2.05) is 30.3 Å². The zero-order chi connectivity index (χ0) is 21.8. The molecule has 0 spiro atoms. The number of carbonyl (C=O) groups excluding carboxylic acids is 3. The van der Waals surface area contributed by atoms with Crippen molar-refractivity contribution in [2.75, 3.05) is 11.4 Å². The van der Waals surface area contributed by atoms with E-state index >= 15 is 0 Å². The molecule has 156 valence electrons. The topological polar surface area (TPSA) is 63.7 Å². The molecule has 0 aromatic heterocycles. The van der Waals surface area contributed by atoms with E-state index in [-0.39, 0.29) is 22.8 Å². The van der Waals surface area contributed by atoms with Gasteiger partial charge >= 0.3 is 5.97 Å². The van der Waals surface area contributed by atoms with Crippen molar-refractivity contribution in [3.8, 4) is 0 Å². The van der Waals surface area contributed by atoms with E-state index in [0.29, 0.717) is 12.1 Å². The number of ether oxygens (including phenoxy) is 1. The third-order valence-corrected chi connectivity index (χ3v) is 5.44. The van der Waals surface area contributed by atoms with E-state index in [1.54, 1.807) is 60.4 Å². The number of fused-ring (bicyclic) bond motifs is 1. The van der Waals surface area contributed by atoms with Gasteiger partial charge in [-0.25, -0.2) is 4.79 Å². The van der Waals surface area contributed by atoms with Gasteiger partial charge in [0.25, 0.3) is 5.91 Å². The summed E-state index contributed by atoms with van der Waals surface area (Å²) in [6, 6.07) is 23.0. The Kier molecular flexibility index (Phi) is 5.94. The summed E-state index contributed by atoms with van der Waals surface area (Å²) in [4.78, 5) is 40.5. The smallest absolute Gasteiger partial charge is 0.339 e. The molecule has 0 radical (unpaired) electrons. The molecule has 0 aliphatic carbocycles. The average Bonchev–Trinajstić information content (AvgIpc) is 2.83. The first-order valence-electron chi connectivity index (χ1n) is 10.4. The van der Waals surface area contributed by atoms with Gasteiger partial charge in [0.2, 0.25) is 0 Å². The van der Waals surface area contributed by atoms with Crippen molar-refractivity contribution in [3.05, 3.63) is 101 Å². The SMILES string of the molecule is CC(OC(=O)c1ccccc1C(=O)c1ccccc1)C(=O)N1CCCc2ccccc21. The van der Waals surface area contributed by atoms with Gasteiger partial charge in [-0.15, -0.1) is 0 Å². The average molecular weight is 413 g/mol. The molecule has 1 atom stereocenters. The van der Waals surface area contributed by atoms with Gasteiger partial charge in [-0.1, -0.05) is 66.7 Å². The number of nitrogens with zero attached hydrogens (tertiary/aromatic N) is 1. The van der Waals surface area contributed by atoms with E-state index in [1.165, 1.54) is 0 Å². The molecular weight excluding hydrogens is 390 g/mol. The van der Waals surface area contributed by atoms with Crippen LogP contribution in [0, 0.1) is 0 Å². The van der Waals surface area contributed by atoms with Gasteiger partial charge in [0.15, 0.2) is 11.9 Å². The molecular formula is C26H23NO4. The molecule has 0 saturated carbocycles. The number of benzene rings is 3. The molecule has 1 amide bonds. The molecule has 1 aliphatic rings. The Morgan fingerprint density at radius 3 is 2.26 bits per heavy atom. The Balaban J connectivity index is 1.53. The third kappa shape index (κ3) is 4.26. The molecule has 1 aliphatic heterocycles. The lowest BCUT2D eigenvalue weighted by Gasteiger charge is -2.31. The number of anilines is 1.